The molecule has 0 aromatic heterocycles. The predicted molar refractivity (Wildman–Crippen MR) is 40.4 cm³/mol. The molecule has 0 heterocycles. The lowest BCUT2D eigenvalue weighted by Gasteiger charge is -1.76. The van der Waals surface area contributed by atoms with Gasteiger partial charge in [-0.3, -0.25) is 0 Å². The standard InChI is InChI=1S/C3H5ClISi/c1-2-3-6(4)5/h2-3H,1H3. The Labute approximate surface area is 57.1 Å². The van der Waals surface area contributed by atoms with Crippen LogP contribution >= 0.6 is 32.9 Å². The Morgan fingerprint density at radius 2 is 2.33 bits per heavy atom. The normalized spacial score (nSPS) is 11.3. The van der Waals surface area contributed by atoms with Gasteiger partial charge in [-0.1, -0.05) is 33.6 Å². The van der Waals surface area contributed by atoms with Crippen molar-refractivity contribution in [3.05, 3.63) is 11.8 Å². The van der Waals surface area contributed by atoms with Gasteiger partial charge >= 0.3 is 0 Å². The number of allylic oxidation sites excluding steroid dienone is 1. The molecule has 0 saturated carbocycles. The number of halogens is 2. The second-order valence-electron chi connectivity index (χ2n) is 0.790. The van der Waals surface area contributed by atoms with Gasteiger partial charge in [-0.15, -0.1) is 11.1 Å². The highest BCUT2D eigenvalue weighted by atomic mass is 127. The Morgan fingerprint density at radius 1 is 1.83 bits per heavy atom. The van der Waals surface area contributed by atoms with Crippen molar-refractivity contribution in [3.63, 3.8) is 0 Å². The van der Waals surface area contributed by atoms with E-state index in [1.54, 1.807) is 0 Å². The summed E-state index contributed by atoms with van der Waals surface area (Å²) in [5, 5.41) is 0. The molecule has 0 unspecified atom stereocenters. The second-order valence-corrected chi connectivity index (χ2v) is 8.32. The van der Waals surface area contributed by atoms with E-state index in [9.17, 15) is 0 Å². The monoisotopic (exact) mass is 231 g/mol. The van der Waals surface area contributed by atoms with Gasteiger partial charge in [-0.2, -0.15) is 0 Å². The molecule has 0 atom stereocenters. The first kappa shape index (κ1) is 6.98. The minimum atomic E-state index is -0.624. The predicted octanol–water partition coefficient (Wildman–Crippen LogP) is 2.26. The third-order valence-corrected chi connectivity index (χ3v) is 2.33. The topological polar surface area (TPSA) is 0 Å². The van der Waals surface area contributed by atoms with Crippen molar-refractivity contribution >= 4 is 38.5 Å². The molecule has 35 valence electrons. The van der Waals surface area contributed by atoms with E-state index in [0.29, 0.717) is 0 Å². The highest BCUT2D eigenvalue weighted by Crippen LogP contribution is 1.99. The summed E-state index contributed by atoms with van der Waals surface area (Å²) >= 11 is 7.80. The summed E-state index contributed by atoms with van der Waals surface area (Å²) in [5.41, 5.74) is 1.40. The van der Waals surface area contributed by atoms with Crippen LogP contribution in [0.1, 0.15) is 6.92 Å². The first-order chi connectivity index (χ1) is 2.77. The summed E-state index contributed by atoms with van der Waals surface area (Å²) in [5.74, 6) is 0. The van der Waals surface area contributed by atoms with Gasteiger partial charge in [0.2, 0.25) is 0 Å². The van der Waals surface area contributed by atoms with Crippen LogP contribution in [0.15, 0.2) is 11.8 Å². The average molecular weight is 232 g/mol. The number of hydrogen-bond donors (Lipinski definition) is 0. The lowest BCUT2D eigenvalue weighted by atomic mass is 10.8. The van der Waals surface area contributed by atoms with E-state index in [-0.39, 0.29) is 0 Å². The summed E-state index contributed by atoms with van der Waals surface area (Å²) < 4.78 is 0. The second kappa shape index (κ2) is 4.14. The largest absolute Gasteiger partial charge is 0.265 e. The Morgan fingerprint density at radius 3 is 2.33 bits per heavy atom. The summed E-state index contributed by atoms with van der Waals surface area (Å²) in [6.07, 6.45) is 1.98. The van der Waals surface area contributed by atoms with Crippen LogP contribution in [0, 0.1) is 0 Å². The van der Waals surface area contributed by atoms with Gasteiger partial charge in [0.05, 0.1) is 0 Å². The van der Waals surface area contributed by atoms with Gasteiger partial charge in [-0.25, -0.2) is 0 Å². The molecule has 0 fully saturated rings. The molecule has 0 nitrogen and oxygen atoms in total. The highest BCUT2D eigenvalue weighted by molar-refractivity contribution is 14.1. The van der Waals surface area contributed by atoms with Crippen LogP contribution in [0.4, 0.5) is 0 Å². The molecule has 0 N–H and O–H groups in total. The molecule has 6 heavy (non-hydrogen) atoms. The first-order valence-corrected chi connectivity index (χ1v) is 7.28. The molecule has 0 aromatic carbocycles. The lowest BCUT2D eigenvalue weighted by molar-refractivity contribution is 1.78. The van der Waals surface area contributed by atoms with Gasteiger partial charge in [0.15, 0.2) is 0 Å². The number of hydrogen-bond acceptors (Lipinski definition) is 0. The van der Waals surface area contributed by atoms with Crippen LogP contribution < -0.4 is 0 Å². The van der Waals surface area contributed by atoms with Crippen molar-refractivity contribution in [1.82, 2.24) is 0 Å². The molecule has 0 rings (SSSR count). The third kappa shape index (κ3) is 4.98. The maximum absolute atomic E-state index is 5.58. The molecule has 0 aromatic rings. The van der Waals surface area contributed by atoms with E-state index < -0.39 is 5.60 Å². The average Bonchev–Trinajstić information content (AvgIpc) is 1.35. The van der Waals surface area contributed by atoms with Crippen molar-refractivity contribution in [2.24, 2.45) is 0 Å². The molecule has 0 aliphatic carbocycles. The Hall–Kier alpha value is 0.977. The smallest absolute Gasteiger partial charge is 0.149 e. The van der Waals surface area contributed by atoms with Gasteiger partial charge < -0.3 is 0 Å². The van der Waals surface area contributed by atoms with E-state index in [1.807, 2.05) is 18.7 Å². The minimum Gasteiger partial charge on any atom is -0.149 e. The zero-order valence-corrected chi connectivity index (χ0v) is 7.32. The molecule has 0 aliphatic rings. The summed E-state index contributed by atoms with van der Waals surface area (Å²) in [6, 6.07) is 0. The van der Waals surface area contributed by atoms with Gasteiger partial charge in [0.1, 0.15) is 0 Å². The maximum atomic E-state index is 5.58. The quantitative estimate of drug-likeness (QED) is 0.369. The van der Waals surface area contributed by atoms with Crippen LogP contribution in [0.5, 0.6) is 0 Å². The minimum absolute atomic E-state index is 0.624. The van der Waals surface area contributed by atoms with Crippen molar-refractivity contribution in [2.75, 3.05) is 0 Å². The number of rotatable bonds is 1. The molecule has 3 heteroatoms. The zero-order chi connectivity index (χ0) is 4.99. The Balaban J connectivity index is 3.03. The van der Waals surface area contributed by atoms with E-state index in [0.717, 1.165) is 0 Å². The van der Waals surface area contributed by atoms with Gasteiger partial charge in [0.25, 0.3) is 5.60 Å². The van der Waals surface area contributed by atoms with Crippen LogP contribution in [-0.4, -0.2) is 5.60 Å². The van der Waals surface area contributed by atoms with Crippen molar-refractivity contribution in [2.45, 2.75) is 6.92 Å². The molecule has 0 amide bonds. The van der Waals surface area contributed by atoms with Crippen molar-refractivity contribution in [3.8, 4) is 0 Å². The maximum Gasteiger partial charge on any atom is 0.265 e. The van der Waals surface area contributed by atoms with Crippen LogP contribution in [0.25, 0.3) is 0 Å². The van der Waals surface area contributed by atoms with Crippen molar-refractivity contribution in [1.29, 1.82) is 0 Å². The fraction of sp³-hybridized carbons (Fsp3) is 0.333. The fourth-order valence-corrected chi connectivity index (χ4v) is 1.83. The Bertz CT molecular complexity index is 52.8. The van der Waals surface area contributed by atoms with Gasteiger partial charge in [0, 0.05) is 0 Å². The lowest BCUT2D eigenvalue weighted by Crippen LogP contribution is -1.79. The van der Waals surface area contributed by atoms with E-state index in [2.05, 4.69) is 21.8 Å². The van der Waals surface area contributed by atoms with E-state index >= 15 is 0 Å². The molecule has 0 spiro atoms. The highest BCUT2D eigenvalue weighted by Gasteiger charge is 1.88. The van der Waals surface area contributed by atoms with Crippen LogP contribution in [-0.2, 0) is 0 Å². The zero-order valence-electron chi connectivity index (χ0n) is 3.41. The van der Waals surface area contributed by atoms with E-state index in [1.165, 1.54) is 0 Å². The molecular formula is C3H5ClISi. The molecular weight excluding hydrogens is 226 g/mol. The third-order valence-electron chi connectivity index (χ3n) is 0.293. The summed E-state index contributed by atoms with van der Waals surface area (Å²) in [7, 11) is 0. The van der Waals surface area contributed by atoms with Gasteiger partial charge in [-0.05, 0) is 6.92 Å². The van der Waals surface area contributed by atoms with Crippen LogP contribution in [0.3, 0.4) is 0 Å². The first-order valence-electron chi connectivity index (χ1n) is 1.58. The van der Waals surface area contributed by atoms with Crippen molar-refractivity contribution < 1.29 is 0 Å². The summed E-state index contributed by atoms with van der Waals surface area (Å²) in [6.45, 7) is 1.98. The fourth-order valence-electron chi connectivity index (χ4n) is 0.126. The SMILES string of the molecule is CC=C[Si](Cl)I. The van der Waals surface area contributed by atoms with Crippen LogP contribution in [0.2, 0.25) is 0 Å². The molecule has 1 radical (unpaired) electrons. The molecule has 0 saturated heterocycles. The Kier molecular flexibility index (Phi) is 4.82. The summed E-state index contributed by atoms with van der Waals surface area (Å²) in [4.78, 5) is 0. The van der Waals surface area contributed by atoms with E-state index in [4.69, 9.17) is 11.1 Å². The molecule has 0 bridgehead atoms. The molecule has 0 aliphatic heterocycles.